The molecule has 3 aromatic rings. The van der Waals surface area contributed by atoms with Gasteiger partial charge in [-0.1, -0.05) is 66.2 Å². The smallest absolute Gasteiger partial charge is 0.0164 e. The Morgan fingerprint density at radius 3 is 2.43 bits per heavy atom. The average molecular weight is 290 g/mol. The van der Waals surface area contributed by atoms with Crippen LogP contribution in [0.3, 0.4) is 0 Å². The molecule has 0 radical (unpaired) electrons. The van der Waals surface area contributed by atoms with Crippen LogP contribution in [-0.4, -0.2) is 5.75 Å². The number of aryl methyl sites for hydroxylation is 1. The maximum absolute atomic E-state index is 2.24. The Balaban J connectivity index is 1.63. The molecule has 21 heavy (non-hydrogen) atoms. The van der Waals surface area contributed by atoms with Crippen molar-refractivity contribution in [3.05, 3.63) is 83.9 Å². The number of benzene rings is 3. The van der Waals surface area contributed by atoms with Gasteiger partial charge in [-0.15, -0.1) is 11.8 Å². The van der Waals surface area contributed by atoms with E-state index in [4.69, 9.17) is 0 Å². The minimum Gasteiger partial charge on any atom is -0.122 e. The molecule has 0 saturated carbocycles. The topological polar surface area (TPSA) is 0 Å². The summed E-state index contributed by atoms with van der Waals surface area (Å²) < 4.78 is 0. The lowest BCUT2D eigenvalue weighted by atomic mass is 10.1. The van der Waals surface area contributed by atoms with E-state index in [0.29, 0.717) is 0 Å². The SMILES string of the molecule is Cc1ccc(SC/C=C/c2ccc3ccccc3c2)cc1. The Hall–Kier alpha value is -1.99. The molecule has 0 aliphatic rings. The Labute approximate surface area is 130 Å². The molecule has 0 unspecified atom stereocenters. The molecule has 1 heteroatoms. The first-order valence-electron chi connectivity index (χ1n) is 7.16. The highest BCUT2D eigenvalue weighted by Gasteiger charge is 1.94. The van der Waals surface area contributed by atoms with Gasteiger partial charge in [-0.2, -0.15) is 0 Å². The molecule has 0 saturated heterocycles. The van der Waals surface area contributed by atoms with Crippen LogP contribution < -0.4 is 0 Å². The third-order valence-corrected chi connectivity index (χ3v) is 4.42. The second-order valence-electron chi connectivity index (χ2n) is 5.13. The van der Waals surface area contributed by atoms with Gasteiger partial charge >= 0.3 is 0 Å². The number of hydrogen-bond acceptors (Lipinski definition) is 1. The predicted octanol–water partition coefficient (Wildman–Crippen LogP) is 5.95. The second-order valence-corrected chi connectivity index (χ2v) is 6.23. The summed E-state index contributed by atoms with van der Waals surface area (Å²) in [6.07, 6.45) is 4.43. The van der Waals surface area contributed by atoms with Gasteiger partial charge in [0.25, 0.3) is 0 Å². The minimum absolute atomic E-state index is 0.996. The van der Waals surface area contributed by atoms with E-state index in [1.165, 1.54) is 26.8 Å². The van der Waals surface area contributed by atoms with Crippen LogP contribution in [0, 0.1) is 6.92 Å². The van der Waals surface area contributed by atoms with Gasteiger partial charge in [0.15, 0.2) is 0 Å². The zero-order valence-electron chi connectivity index (χ0n) is 12.1. The highest BCUT2D eigenvalue weighted by Crippen LogP contribution is 2.20. The largest absolute Gasteiger partial charge is 0.122 e. The number of hydrogen-bond donors (Lipinski definition) is 0. The van der Waals surface area contributed by atoms with Crippen LogP contribution in [0.4, 0.5) is 0 Å². The summed E-state index contributed by atoms with van der Waals surface area (Å²) in [4.78, 5) is 1.32. The van der Waals surface area contributed by atoms with Crippen molar-refractivity contribution in [3.63, 3.8) is 0 Å². The minimum atomic E-state index is 0.996. The molecule has 0 aliphatic carbocycles. The van der Waals surface area contributed by atoms with Gasteiger partial charge in [0.1, 0.15) is 0 Å². The van der Waals surface area contributed by atoms with Crippen molar-refractivity contribution in [2.24, 2.45) is 0 Å². The summed E-state index contributed by atoms with van der Waals surface area (Å²) in [5.41, 5.74) is 2.57. The fourth-order valence-electron chi connectivity index (χ4n) is 2.27. The summed E-state index contributed by atoms with van der Waals surface area (Å²) in [6.45, 7) is 2.12. The van der Waals surface area contributed by atoms with Crippen LogP contribution in [0.2, 0.25) is 0 Å². The van der Waals surface area contributed by atoms with E-state index in [1.807, 2.05) is 11.8 Å². The van der Waals surface area contributed by atoms with E-state index in [-0.39, 0.29) is 0 Å². The first-order valence-corrected chi connectivity index (χ1v) is 8.15. The summed E-state index contributed by atoms with van der Waals surface area (Å²) >= 11 is 1.87. The highest BCUT2D eigenvalue weighted by atomic mass is 32.2. The van der Waals surface area contributed by atoms with E-state index in [2.05, 4.69) is 85.8 Å². The Kier molecular flexibility index (Phi) is 4.42. The van der Waals surface area contributed by atoms with Crippen molar-refractivity contribution in [1.82, 2.24) is 0 Å². The second kappa shape index (κ2) is 6.64. The number of rotatable bonds is 4. The van der Waals surface area contributed by atoms with Crippen molar-refractivity contribution >= 4 is 28.6 Å². The van der Waals surface area contributed by atoms with Gasteiger partial charge in [-0.3, -0.25) is 0 Å². The molecule has 0 fully saturated rings. The van der Waals surface area contributed by atoms with Gasteiger partial charge < -0.3 is 0 Å². The van der Waals surface area contributed by atoms with Crippen molar-refractivity contribution < 1.29 is 0 Å². The number of thioether (sulfide) groups is 1. The summed E-state index contributed by atoms with van der Waals surface area (Å²) in [6, 6.07) is 23.8. The quantitative estimate of drug-likeness (QED) is 0.535. The lowest BCUT2D eigenvalue weighted by Gasteiger charge is -2.00. The van der Waals surface area contributed by atoms with Gasteiger partial charge in [-0.05, 0) is 41.5 Å². The molecular weight excluding hydrogens is 272 g/mol. The third kappa shape index (κ3) is 3.77. The van der Waals surface area contributed by atoms with Crippen LogP contribution in [0.5, 0.6) is 0 Å². The first-order chi connectivity index (χ1) is 10.3. The standard InChI is InChI=1S/C20H18S/c1-16-8-12-20(13-9-16)21-14-4-5-17-10-11-18-6-2-3-7-19(18)15-17/h2-13,15H,14H2,1H3/b5-4+. The normalized spacial score (nSPS) is 11.3. The van der Waals surface area contributed by atoms with E-state index in [9.17, 15) is 0 Å². The fraction of sp³-hybridized carbons (Fsp3) is 0.100. The fourth-order valence-corrected chi connectivity index (χ4v) is 2.99. The molecule has 0 atom stereocenters. The zero-order chi connectivity index (χ0) is 14.5. The molecule has 104 valence electrons. The molecule has 0 nitrogen and oxygen atoms in total. The Morgan fingerprint density at radius 1 is 0.857 bits per heavy atom. The van der Waals surface area contributed by atoms with E-state index in [1.54, 1.807) is 0 Å². The summed E-state index contributed by atoms with van der Waals surface area (Å²) in [5, 5.41) is 2.59. The lowest BCUT2D eigenvalue weighted by molar-refractivity contribution is 1.38. The summed E-state index contributed by atoms with van der Waals surface area (Å²) in [5.74, 6) is 0.996. The average Bonchev–Trinajstić information content (AvgIpc) is 2.53. The van der Waals surface area contributed by atoms with Crippen LogP contribution in [-0.2, 0) is 0 Å². The monoisotopic (exact) mass is 290 g/mol. The van der Waals surface area contributed by atoms with Crippen LogP contribution in [0.1, 0.15) is 11.1 Å². The van der Waals surface area contributed by atoms with Crippen molar-refractivity contribution in [2.45, 2.75) is 11.8 Å². The van der Waals surface area contributed by atoms with Gasteiger partial charge in [0.05, 0.1) is 0 Å². The molecule has 0 spiro atoms. The number of fused-ring (bicyclic) bond motifs is 1. The van der Waals surface area contributed by atoms with Crippen molar-refractivity contribution in [1.29, 1.82) is 0 Å². The Bertz CT molecular complexity index is 754. The lowest BCUT2D eigenvalue weighted by Crippen LogP contribution is -1.77. The summed E-state index contributed by atoms with van der Waals surface area (Å²) in [7, 11) is 0. The molecule has 3 rings (SSSR count). The van der Waals surface area contributed by atoms with Gasteiger partial charge in [-0.25, -0.2) is 0 Å². The molecule has 0 aliphatic heterocycles. The maximum Gasteiger partial charge on any atom is 0.0164 e. The molecule has 0 bridgehead atoms. The molecule has 0 N–H and O–H groups in total. The van der Waals surface area contributed by atoms with E-state index >= 15 is 0 Å². The van der Waals surface area contributed by atoms with E-state index in [0.717, 1.165) is 5.75 Å². The third-order valence-electron chi connectivity index (χ3n) is 3.45. The van der Waals surface area contributed by atoms with Gasteiger partial charge in [0, 0.05) is 10.6 Å². The van der Waals surface area contributed by atoms with E-state index < -0.39 is 0 Å². The molecule has 0 aromatic heterocycles. The zero-order valence-corrected chi connectivity index (χ0v) is 12.9. The predicted molar refractivity (Wildman–Crippen MR) is 94.9 cm³/mol. The maximum atomic E-state index is 2.24. The van der Waals surface area contributed by atoms with Crippen molar-refractivity contribution in [3.8, 4) is 0 Å². The Morgan fingerprint density at radius 2 is 1.62 bits per heavy atom. The van der Waals surface area contributed by atoms with Crippen LogP contribution in [0.25, 0.3) is 16.8 Å². The van der Waals surface area contributed by atoms with Crippen molar-refractivity contribution in [2.75, 3.05) is 5.75 Å². The molecule has 0 heterocycles. The van der Waals surface area contributed by atoms with Gasteiger partial charge in [0.2, 0.25) is 0 Å². The highest BCUT2D eigenvalue weighted by molar-refractivity contribution is 7.99. The van der Waals surface area contributed by atoms with Crippen LogP contribution >= 0.6 is 11.8 Å². The molecule has 0 amide bonds. The molecule has 3 aromatic carbocycles. The first kappa shape index (κ1) is 14.0. The van der Waals surface area contributed by atoms with Crippen LogP contribution in [0.15, 0.2) is 77.7 Å². The molecular formula is C20H18S.